The average molecular weight is 467 g/mol. The number of rotatable bonds is 6. The van der Waals surface area contributed by atoms with Crippen LogP contribution in [0.15, 0.2) is 60.7 Å². The Bertz CT molecular complexity index is 1380. The van der Waals surface area contributed by atoms with Crippen molar-refractivity contribution in [2.45, 2.75) is 25.2 Å². The van der Waals surface area contributed by atoms with Gasteiger partial charge in [-0.05, 0) is 37.1 Å². The van der Waals surface area contributed by atoms with E-state index < -0.39 is 12.3 Å². The second-order valence-corrected chi connectivity index (χ2v) is 8.26. The lowest BCUT2D eigenvalue weighted by Crippen LogP contribution is -2.16. The number of anilines is 1. The monoisotopic (exact) mass is 466 g/mol. The molecule has 2 aromatic heterocycles. The molecule has 1 N–H and O–H groups in total. The summed E-state index contributed by atoms with van der Waals surface area (Å²) in [7, 11) is 0. The van der Waals surface area contributed by atoms with Gasteiger partial charge in [-0.25, -0.2) is 18.3 Å². The van der Waals surface area contributed by atoms with Gasteiger partial charge < -0.3 is 5.32 Å². The number of fused-ring (bicyclic) bond motifs is 1. The molecule has 1 fully saturated rings. The lowest BCUT2D eigenvalue weighted by Gasteiger charge is -2.10. The zero-order chi connectivity index (χ0) is 23.1. The number of hydrogen-bond acceptors (Lipinski definition) is 4. The van der Waals surface area contributed by atoms with E-state index in [0.29, 0.717) is 16.3 Å². The van der Waals surface area contributed by atoms with E-state index in [-0.39, 0.29) is 40.0 Å². The summed E-state index contributed by atoms with van der Waals surface area (Å²) in [5.41, 5.74) is 1.22. The van der Waals surface area contributed by atoms with Crippen LogP contribution in [0, 0.1) is 0 Å². The lowest BCUT2D eigenvalue weighted by atomic mass is 10.0. The van der Waals surface area contributed by atoms with Crippen LogP contribution in [0.5, 0.6) is 0 Å². The highest BCUT2D eigenvalue weighted by molar-refractivity contribution is 6.31. The Kier molecular flexibility index (Phi) is 5.38. The highest BCUT2D eigenvalue weighted by Gasteiger charge is 2.28. The van der Waals surface area contributed by atoms with Crippen LogP contribution in [0.3, 0.4) is 0 Å². The fraction of sp³-hybridized carbons (Fsp3) is 0.167. The van der Waals surface area contributed by atoms with Gasteiger partial charge in [0.05, 0.1) is 5.69 Å². The number of aromatic nitrogens is 3. The summed E-state index contributed by atoms with van der Waals surface area (Å²) >= 11 is 6.09. The zero-order valence-corrected chi connectivity index (χ0v) is 17.9. The fourth-order valence-corrected chi connectivity index (χ4v) is 3.79. The van der Waals surface area contributed by atoms with E-state index in [9.17, 15) is 18.4 Å². The van der Waals surface area contributed by atoms with Gasteiger partial charge in [0.2, 0.25) is 0 Å². The maximum absolute atomic E-state index is 13.6. The van der Waals surface area contributed by atoms with Gasteiger partial charge in [0.25, 0.3) is 12.3 Å². The Morgan fingerprint density at radius 2 is 1.82 bits per heavy atom. The number of amides is 1. The summed E-state index contributed by atoms with van der Waals surface area (Å²) < 4.78 is 28.2. The molecule has 1 aliphatic rings. The van der Waals surface area contributed by atoms with Crippen LogP contribution >= 0.6 is 11.6 Å². The average Bonchev–Trinajstić information content (AvgIpc) is 3.58. The largest absolute Gasteiger partial charge is 0.320 e. The number of ketones is 1. The lowest BCUT2D eigenvalue weighted by molar-refractivity contribution is 0.102. The smallest absolute Gasteiger partial charge is 0.280 e. The van der Waals surface area contributed by atoms with Crippen molar-refractivity contribution in [2.75, 3.05) is 5.32 Å². The van der Waals surface area contributed by atoms with Crippen LogP contribution in [-0.4, -0.2) is 26.3 Å². The molecular weight excluding hydrogens is 450 g/mol. The molecule has 166 valence electrons. The molecule has 5 rings (SSSR count). The van der Waals surface area contributed by atoms with E-state index >= 15 is 0 Å². The molecule has 1 amide bonds. The molecule has 0 aliphatic heterocycles. The molecule has 33 heavy (non-hydrogen) atoms. The van der Waals surface area contributed by atoms with E-state index in [2.05, 4.69) is 15.4 Å². The molecule has 0 saturated heterocycles. The third kappa shape index (κ3) is 4.21. The van der Waals surface area contributed by atoms with E-state index in [1.165, 1.54) is 24.3 Å². The molecule has 2 aromatic carbocycles. The van der Waals surface area contributed by atoms with Gasteiger partial charge in [0, 0.05) is 33.8 Å². The van der Waals surface area contributed by atoms with Gasteiger partial charge in [0.15, 0.2) is 17.1 Å². The Morgan fingerprint density at radius 1 is 1.06 bits per heavy atom. The number of carbonyl (C=O) groups is 2. The molecule has 0 spiro atoms. The predicted octanol–water partition coefficient (Wildman–Crippen LogP) is 5.68. The Morgan fingerprint density at radius 3 is 2.52 bits per heavy atom. The summed E-state index contributed by atoms with van der Waals surface area (Å²) in [6.07, 6.45) is -0.959. The van der Waals surface area contributed by atoms with Crippen molar-refractivity contribution in [2.24, 2.45) is 0 Å². The van der Waals surface area contributed by atoms with Crippen LogP contribution in [0.2, 0.25) is 5.02 Å². The summed E-state index contributed by atoms with van der Waals surface area (Å²) in [5.74, 6) is -0.808. The SMILES string of the molecule is O=C(Nc1ccc(Cl)cc1C(=O)c1ccccc1)c1cc2nc(C3CC3)cc(C(F)F)n2n1. The van der Waals surface area contributed by atoms with Crippen LogP contribution in [-0.2, 0) is 0 Å². The quantitative estimate of drug-likeness (QED) is 0.371. The molecule has 0 radical (unpaired) electrons. The maximum Gasteiger partial charge on any atom is 0.280 e. The molecule has 0 atom stereocenters. The topological polar surface area (TPSA) is 76.4 Å². The molecule has 9 heteroatoms. The highest BCUT2D eigenvalue weighted by Crippen LogP contribution is 2.40. The van der Waals surface area contributed by atoms with Crippen LogP contribution in [0.4, 0.5) is 14.5 Å². The van der Waals surface area contributed by atoms with Crippen molar-refractivity contribution in [1.29, 1.82) is 0 Å². The van der Waals surface area contributed by atoms with Gasteiger partial charge in [-0.2, -0.15) is 5.10 Å². The van der Waals surface area contributed by atoms with Crippen molar-refractivity contribution < 1.29 is 18.4 Å². The first-order chi connectivity index (χ1) is 15.9. The third-order valence-electron chi connectivity index (χ3n) is 5.44. The van der Waals surface area contributed by atoms with E-state index in [4.69, 9.17) is 11.6 Å². The van der Waals surface area contributed by atoms with Crippen molar-refractivity contribution in [3.05, 3.63) is 93.9 Å². The Labute approximate surface area is 192 Å². The predicted molar refractivity (Wildman–Crippen MR) is 119 cm³/mol. The molecule has 0 bridgehead atoms. The first kappa shape index (κ1) is 21.2. The summed E-state index contributed by atoms with van der Waals surface area (Å²) in [6, 6.07) is 15.8. The van der Waals surface area contributed by atoms with Gasteiger partial charge >= 0.3 is 0 Å². The summed E-state index contributed by atoms with van der Waals surface area (Å²) in [5, 5.41) is 7.04. The molecule has 2 heterocycles. The number of alkyl halides is 2. The Balaban J connectivity index is 1.49. The molecule has 4 aromatic rings. The van der Waals surface area contributed by atoms with Crippen molar-refractivity contribution in [3.63, 3.8) is 0 Å². The van der Waals surface area contributed by atoms with E-state index in [1.54, 1.807) is 36.4 Å². The summed E-state index contributed by atoms with van der Waals surface area (Å²) in [6.45, 7) is 0. The minimum atomic E-state index is -2.77. The number of hydrogen-bond donors (Lipinski definition) is 1. The van der Waals surface area contributed by atoms with Gasteiger partial charge in [-0.1, -0.05) is 41.9 Å². The van der Waals surface area contributed by atoms with E-state index in [0.717, 1.165) is 17.4 Å². The molecule has 1 saturated carbocycles. The van der Waals surface area contributed by atoms with Crippen LogP contribution in [0.25, 0.3) is 5.65 Å². The van der Waals surface area contributed by atoms with Crippen LogP contribution in [0.1, 0.15) is 63.0 Å². The number of nitrogens with zero attached hydrogens (tertiary/aromatic N) is 3. The first-order valence-electron chi connectivity index (χ1n) is 10.3. The minimum Gasteiger partial charge on any atom is -0.320 e. The first-order valence-corrected chi connectivity index (χ1v) is 10.7. The number of benzene rings is 2. The normalized spacial score (nSPS) is 13.5. The summed E-state index contributed by atoms with van der Waals surface area (Å²) in [4.78, 5) is 30.3. The molecule has 1 aliphatic carbocycles. The second kappa shape index (κ2) is 8.37. The highest BCUT2D eigenvalue weighted by atomic mass is 35.5. The van der Waals surface area contributed by atoms with Gasteiger partial charge in [-0.15, -0.1) is 0 Å². The molecule has 0 unspecified atom stereocenters. The van der Waals surface area contributed by atoms with Crippen molar-refractivity contribution in [3.8, 4) is 0 Å². The van der Waals surface area contributed by atoms with Crippen LogP contribution < -0.4 is 5.32 Å². The third-order valence-corrected chi connectivity index (χ3v) is 5.67. The van der Waals surface area contributed by atoms with Gasteiger partial charge in [0.1, 0.15) is 5.69 Å². The number of nitrogens with one attached hydrogen (secondary N) is 1. The number of carbonyl (C=O) groups excluding carboxylic acids is 2. The standard InChI is InChI=1S/C24H17ClF2N4O2/c25-15-8-9-17(16(10-15)22(32)14-4-2-1-3-5-14)29-24(33)19-12-21-28-18(13-6-7-13)11-20(23(26)27)31(21)30-19/h1-5,8-13,23H,6-7H2,(H,29,33). The van der Waals surface area contributed by atoms with Crippen molar-refractivity contribution >= 4 is 34.6 Å². The molecule has 6 nitrogen and oxygen atoms in total. The minimum absolute atomic E-state index is 0.0922. The van der Waals surface area contributed by atoms with Gasteiger partial charge in [-0.3, -0.25) is 9.59 Å². The maximum atomic E-state index is 13.6. The second-order valence-electron chi connectivity index (χ2n) is 7.82. The molecular formula is C24H17ClF2N4O2. The fourth-order valence-electron chi connectivity index (χ4n) is 3.62. The zero-order valence-electron chi connectivity index (χ0n) is 17.1. The van der Waals surface area contributed by atoms with Crippen molar-refractivity contribution in [1.82, 2.24) is 14.6 Å². The number of halogens is 3. The Hall–Kier alpha value is -3.65. The van der Waals surface area contributed by atoms with E-state index in [1.807, 2.05) is 0 Å².